The molecule has 0 bridgehead atoms. The molecule has 144 valence electrons. The number of aryl methyl sites for hydroxylation is 2. The third kappa shape index (κ3) is 4.10. The molecule has 0 saturated heterocycles. The van der Waals surface area contributed by atoms with E-state index in [1.807, 2.05) is 76.2 Å². The molecule has 3 aromatic rings. The van der Waals surface area contributed by atoms with Gasteiger partial charge in [-0.2, -0.15) is 5.10 Å². The molecule has 0 aliphatic heterocycles. The van der Waals surface area contributed by atoms with Gasteiger partial charge in [0.1, 0.15) is 0 Å². The lowest BCUT2D eigenvalue weighted by Gasteiger charge is -2.13. The van der Waals surface area contributed by atoms with E-state index < -0.39 is 0 Å². The van der Waals surface area contributed by atoms with E-state index in [9.17, 15) is 4.79 Å². The lowest BCUT2D eigenvalue weighted by Crippen LogP contribution is -2.24. The van der Waals surface area contributed by atoms with Crippen LogP contribution in [0.1, 0.15) is 28.1 Å². The second-order valence-electron chi connectivity index (χ2n) is 6.68. The van der Waals surface area contributed by atoms with Gasteiger partial charge in [0.15, 0.2) is 0 Å². The van der Waals surface area contributed by atoms with Crippen molar-refractivity contribution in [3.05, 3.63) is 81.6 Å². The Hall–Kier alpha value is -3.05. The monoisotopic (exact) mass is 394 g/mol. The van der Waals surface area contributed by atoms with Gasteiger partial charge in [0, 0.05) is 33.3 Å². The van der Waals surface area contributed by atoms with Crippen molar-refractivity contribution in [3.63, 3.8) is 0 Å². The Balaban J connectivity index is 1.76. The Morgan fingerprint density at radius 1 is 1.07 bits per heavy atom. The fraction of sp³-hybridized carbons (Fsp3) is 0.182. The Morgan fingerprint density at radius 3 is 2.57 bits per heavy atom. The number of nitrogens with zero attached hydrogens (tertiary/aromatic N) is 2. The molecule has 0 unspecified atom stereocenters. The lowest BCUT2D eigenvalue weighted by molar-refractivity contribution is 0.252. The summed E-state index contributed by atoms with van der Waals surface area (Å²) in [6, 6.07) is 15.1. The van der Waals surface area contributed by atoms with Crippen LogP contribution in [-0.2, 0) is 0 Å². The molecule has 28 heavy (non-hydrogen) atoms. The molecule has 6 heteroatoms. The van der Waals surface area contributed by atoms with Crippen LogP contribution in [0.25, 0.3) is 5.69 Å². The fourth-order valence-electron chi connectivity index (χ4n) is 3.15. The quantitative estimate of drug-likeness (QED) is 0.444. The van der Waals surface area contributed by atoms with Crippen molar-refractivity contribution < 1.29 is 4.79 Å². The molecular weight excluding hydrogens is 372 g/mol. The number of hydrogen-bond acceptors (Lipinski definition) is 2. The number of halogens is 1. The van der Waals surface area contributed by atoms with Crippen LogP contribution in [0.15, 0.2) is 53.6 Å². The van der Waals surface area contributed by atoms with Crippen molar-refractivity contribution in [3.8, 4) is 5.69 Å². The number of carbonyl (C=O) groups is 1. The van der Waals surface area contributed by atoms with E-state index in [1.54, 1.807) is 6.21 Å². The van der Waals surface area contributed by atoms with Gasteiger partial charge < -0.3 is 9.88 Å². The van der Waals surface area contributed by atoms with Crippen molar-refractivity contribution in [1.29, 1.82) is 0 Å². The number of urea groups is 1. The number of carbonyl (C=O) groups excluding carboxylic acids is 1. The molecule has 2 aromatic carbocycles. The predicted molar refractivity (Wildman–Crippen MR) is 116 cm³/mol. The number of hydrazone groups is 1. The highest BCUT2D eigenvalue weighted by Gasteiger charge is 2.12. The van der Waals surface area contributed by atoms with Gasteiger partial charge in [-0.05, 0) is 63.1 Å². The van der Waals surface area contributed by atoms with E-state index in [0.717, 1.165) is 44.5 Å². The molecule has 3 rings (SSSR count). The standard InChI is InChI=1S/C22H23ClN4O/c1-14-8-5-6-10-20(14)25-22(28)26-24-13-18-12-15(2)27(17(18)4)21-11-7-9-19(23)16(21)3/h5-13H,1-4H3,(H2,25,26,28). The zero-order valence-corrected chi connectivity index (χ0v) is 17.1. The van der Waals surface area contributed by atoms with Gasteiger partial charge in [0.25, 0.3) is 0 Å². The summed E-state index contributed by atoms with van der Waals surface area (Å²) in [6.07, 6.45) is 1.65. The van der Waals surface area contributed by atoms with E-state index >= 15 is 0 Å². The van der Waals surface area contributed by atoms with Gasteiger partial charge in [-0.25, -0.2) is 10.2 Å². The van der Waals surface area contributed by atoms with Gasteiger partial charge in [-0.15, -0.1) is 0 Å². The summed E-state index contributed by atoms with van der Waals surface area (Å²) in [5.41, 5.74) is 9.32. The number of rotatable bonds is 4. The number of benzene rings is 2. The molecule has 0 aliphatic carbocycles. The lowest BCUT2D eigenvalue weighted by atomic mass is 10.2. The van der Waals surface area contributed by atoms with Crippen LogP contribution < -0.4 is 10.7 Å². The minimum Gasteiger partial charge on any atom is -0.318 e. The van der Waals surface area contributed by atoms with Gasteiger partial charge in [0.05, 0.1) is 6.21 Å². The molecular formula is C22H23ClN4O. The minimum atomic E-state index is -0.384. The van der Waals surface area contributed by atoms with Crippen LogP contribution >= 0.6 is 11.6 Å². The van der Waals surface area contributed by atoms with Gasteiger partial charge in [-0.1, -0.05) is 35.9 Å². The van der Waals surface area contributed by atoms with Crippen LogP contribution in [-0.4, -0.2) is 16.8 Å². The third-order valence-electron chi connectivity index (χ3n) is 4.71. The number of nitrogens with one attached hydrogen (secondary N) is 2. The summed E-state index contributed by atoms with van der Waals surface area (Å²) in [6.45, 7) is 7.98. The molecule has 1 heterocycles. The van der Waals surface area contributed by atoms with Crippen LogP contribution in [0, 0.1) is 27.7 Å². The maximum atomic E-state index is 12.1. The van der Waals surface area contributed by atoms with Crippen molar-refractivity contribution >= 4 is 29.5 Å². The van der Waals surface area contributed by atoms with E-state index in [-0.39, 0.29) is 6.03 Å². The minimum absolute atomic E-state index is 0.384. The first-order chi connectivity index (χ1) is 13.4. The van der Waals surface area contributed by atoms with Gasteiger partial charge >= 0.3 is 6.03 Å². The molecule has 5 nitrogen and oxygen atoms in total. The average Bonchev–Trinajstić information content (AvgIpc) is 2.93. The Labute approximate surface area is 170 Å². The van der Waals surface area contributed by atoms with Gasteiger partial charge in [-0.3, -0.25) is 0 Å². The molecule has 2 N–H and O–H groups in total. The summed E-state index contributed by atoms with van der Waals surface area (Å²) in [4.78, 5) is 12.1. The highest BCUT2D eigenvalue weighted by molar-refractivity contribution is 6.31. The highest BCUT2D eigenvalue weighted by atomic mass is 35.5. The van der Waals surface area contributed by atoms with Crippen LogP contribution in [0.4, 0.5) is 10.5 Å². The van der Waals surface area contributed by atoms with Crippen molar-refractivity contribution in [2.24, 2.45) is 5.10 Å². The second kappa shape index (κ2) is 8.31. The summed E-state index contributed by atoms with van der Waals surface area (Å²) in [5.74, 6) is 0. The summed E-state index contributed by atoms with van der Waals surface area (Å²) in [5, 5.41) is 7.60. The summed E-state index contributed by atoms with van der Waals surface area (Å²) in [7, 11) is 0. The molecule has 2 amide bonds. The van der Waals surface area contributed by atoms with Gasteiger partial charge in [0.2, 0.25) is 0 Å². The fourth-order valence-corrected chi connectivity index (χ4v) is 3.32. The first-order valence-corrected chi connectivity index (χ1v) is 9.36. The maximum absolute atomic E-state index is 12.1. The number of aromatic nitrogens is 1. The topological polar surface area (TPSA) is 58.4 Å². The SMILES string of the molecule is Cc1ccccc1NC(=O)NN=Cc1cc(C)n(-c2cccc(Cl)c2C)c1C. The van der Waals surface area contributed by atoms with E-state index in [2.05, 4.69) is 20.4 Å². The molecule has 0 radical (unpaired) electrons. The zero-order valence-electron chi connectivity index (χ0n) is 16.4. The molecule has 0 saturated carbocycles. The zero-order chi connectivity index (χ0) is 20.3. The second-order valence-corrected chi connectivity index (χ2v) is 7.09. The first kappa shape index (κ1) is 19.7. The maximum Gasteiger partial charge on any atom is 0.339 e. The van der Waals surface area contributed by atoms with Crippen LogP contribution in [0.3, 0.4) is 0 Å². The van der Waals surface area contributed by atoms with E-state index in [4.69, 9.17) is 11.6 Å². The number of amides is 2. The summed E-state index contributed by atoms with van der Waals surface area (Å²) < 4.78 is 2.13. The normalized spacial score (nSPS) is 11.0. The Bertz CT molecular complexity index is 1050. The highest BCUT2D eigenvalue weighted by Crippen LogP contribution is 2.26. The number of hydrogen-bond donors (Lipinski definition) is 2. The largest absolute Gasteiger partial charge is 0.339 e. The number of para-hydroxylation sites is 1. The Morgan fingerprint density at radius 2 is 1.82 bits per heavy atom. The van der Waals surface area contributed by atoms with Crippen molar-refractivity contribution in [2.75, 3.05) is 5.32 Å². The average molecular weight is 395 g/mol. The van der Waals surface area contributed by atoms with Crippen LogP contribution in [0.2, 0.25) is 5.02 Å². The first-order valence-electron chi connectivity index (χ1n) is 8.98. The third-order valence-corrected chi connectivity index (χ3v) is 5.12. The molecule has 0 fully saturated rings. The smallest absolute Gasteiger partial charge is 0.318 e. The van der Waals surface area contributed by atoms with E-state index in [0.29, 0.717) is 0 Å². The number of anilines is 1. The molecule has 1 aromatic heterocycles. The van der Waals surface area contributed by atoms with Crippen LogP contribution in [0.5, 0.6) is 0 Å². The molecule has 0 atom stereocenters. The summed E-state index contributed by atoms with van der Waals surface area (Å²) >= 11 is 6.28. The van der Waals surface area contributed by atoms with Crippen molar-refractivity contribution in [2.45, 2.75) is 27.7 Å². The molecule has 0 aliphatic rings. The van der Waals surface area contributed by atoms with E-state index in [1.165, 1.54) is 0 Å². The Kier molecular flexibility index (Phi) is 5.85. The van der Waals surface area contributed by atoms with Crippen molar-refractivity contribution in [1.82, 2.24) is 9.99 Å². The molecule has 0 spiro atoms. The predicted octanol–water partition coefficient (Wildman–Crippen LogP) is 5.52.